The van der Waals surface area contributed by atoms with Gasteiger partial charge in [0.2, 0.25) is 5.91 Å². The van der Waals surface area contributed by atoms with Crippen molar-refractivity contribution in [3.05, 3.63) is 0 Å². The molecule has 0 aromatic carbocycles. The van der Waals surface area contributed by atoms with Crippen LogP contribution in [0.5, 0.6) is 0 Å². The first kappa shape index (κ1) is 16.8. The van der Waals surface area contributed by atoms with E-state index in [0.29, 0.717) is 18.6 Å². The Morgan fingerprint density at radius 1 is 1.29 bits per heavy atom. The van der Waals surface area contributed by atoms with Crippen LogP contribution in [0.1, 0.15) is 65.7 Å². The Balaban J connectivity index is 1.81. The van der Waals surface area contributed by atoms with Crippen molar-refractivity contribution in [2.24, 2.45) is 5.92 Å². The SMILES string of the molecule is CCC(C)C1NC(CC)N(CCOC2CCCCC2)C1=O. The van der Waals surface area contributed by atoms with Crippen LogP contribution in [0, 0.1) is 5.92 Å². The lowest BCUT2D eigenvalue weighted by molar-refractivity contribution is -0.132. The van der Waals surface area contributed by atoms with E-state index in [-0.39, 0.29) is 18.1 Å². The zero-order valence-electron chi connectivity index (χ0n) is 13.9. The number of nitrogens with zero attached hydrogens (tertiary/aromatic N) is 1. The summed E-state index contributed by atoms with van der Waals surface area (Å²) in [5.41, 5.74) is 0. The van der Waals surface area contributed by atoms with Crippen molar-refractivity contribution in [2.45, 2.75) is 84.0 Å². The van der Waals surface area contributed by atoms with Crippen molar-refractivity contribution in [1.82, 2.24) is 10.2 Å². The topological polar surface area (TPSA) is 41.6 Å². The number of hydrogen-bond donors (Lipinski definition) is 1. The number of rotatable bonds is 7. The van der Waals surface area contributed by atoms with Gasteiger partial charge in [-0.05, 0) is 25.2 Å². The summed E-state index contributed by atoms with van der Waals surface area (Å²) in [6.45, 7) is 7.86. The van der Waals surface area contributed by atoms with Crippen LogP contribution in [0.15, 0.2) is 0 Å². The van der Waals surface area contributed by atoms with Gasteiger partial charge in [-0.25, -0.2) is 0 Å². The molecule has 2 rings (SSSR count). The van der Waals surface area contributed by atoms with Gasteiger partial charge in [-0.15, -0.1) is 0 Å². The molecule has 2 aliphatic rings. The van der Waals surface area contributed by atoms with Gasteiger partial charge in [-0.3, -0.25) is 10.1 Å². The Hall–Kier alpha value is -0.610. The van der Waals surface area contributed by atoms with Gasteiger partial charge in [0.05, 0.1) is 24.9 Å². The molecule has 3 unspecified atom stereocenters. The quantitative estimate of drug-likeness (QED) is 0.785. The van der Waals surface area contributed by atoms with Crippen molar-refractivity contribution in [2.75, 3.05) is 13.2 Å². The predicted octanol–water partition coefficient (Wildman–Crippen LogP) is 2.92. The van der Waals surface area contributed by atoms with E-state index in [0.717, 1.165) is 19.4 Å². The summed E-state index contributed by atoms with van der Waals surface area (Å²) in [4.78, 5) is 14.6. The van der Waals surface area contributed by atoms with Crippen molar-refractivity contribution in [3.63, 3.8) is 0 Å². The number of ether oxygens (including phenoxy) is 1. The maximum atomic E-state index is 12.6. The van der Waals surface area contributed by atoms with Gasteiger partial charge in [0.1, 0.15) is 0 Å². The van der Waals surface area contributed by atoms with Crippen LogP contribution < -0.4 is 5.32 Å². The van der Waals surface area contributed by atoms with Gasteiger partial charge in [0, 0.05) is 6.54 Å². The lowest BCUT2D eigenvalue weighted by Crippen LogP contribution is -2.39. The Labute approximate surface area is 129 Å². The van der Waals surface area contributed by atoms with Crippen molar-refractivity contribution in [1.29, 1.82) is 0 Å². The van der Waals surface area contributed by atoms with Crippen LogP contribution in [0.3, 0.4) is 0 Å². The summed E-state index contributed by atoms with van der Waals surface area (Å²) in [7, 11) is 0. The summed E-state index contributed by atoms with van der Waals surface area (Å²) in [5, 5.41) is 3.50. The van der Waals surface area contributed by atoms with Crippen molar-refractivity contribution in [3.8, 4) is 0 Å². The van der Waals surface area contributed by atoms with E-state index in [2.05, 4.69) is 26.1 Å². The molecule has 1 aliphatic carbocycles. The maximum Gasteiger partial charge on any atom is 0.241 e. The molecular weight excluding hydrogens is 264 g/mol. The highest BCUT2D eigenvalue weighted by molar-refractivity contribution is 5.84. The number of carbonyl (C=O) groups is 1. The van der Waals surface area contributed by atoms with E-state index in [4.69, 9.17) is 4.74 Å². The van der Waals surface area contributed by atoms with E-state index in [1.807, 2.05) is 4.90 Å². The molecule has 0 radical (unpaired) electrons. The predicted molar refractivity (Wildman–Crippen MR) is 85.0 cm³/mol. The van der Waals surface area contributed by atoms with Crippen LogP contribution in [0.2, 0.25) is 0 Å². The summed E-state index contributed by atoms with van der Waals surface area (Å²) in [5.74, 6) is 0.666. The smallest absolute Gasteiger partial charge is 0.241 e. The summed E-state index contributed by atoms with van der Waals surface area (Å²) < 4.78 is 5.99. The molecule has 1 saturated heterocycles. The highest BCUT2D eigenvalue weighted by Gasteiger charge is 2.39. The highest BCUT2D eigenvalue weighted by Crippen LogP contribution is 2.22. The molecule has 122 valence electrons. The molecule has 1 saturated carbocycles. The largest absolute Gasteiger partial charge is 0.376 e. The summed E-state index contributed by atoms with van der Waals surface area (Å²) >= 11 is 0. The standard InChI is InChI=1S/C17H32N2O2/c1-4-13(3)16-17(20)19(15(5-2)18-16)11-12-21-14-9-7-6-8-10-14/h13-16,18H,4-12H2,1-3H3. The fourth-order valence-corrected chi connectivity index (χ4v) is 3.50. The van der Waals surface area contributed by atoms with Gasteiger partial charge < -0.3 is 9.64 Å². The molecule has 1 aliphatic heterocycles. The maximum absolute atomic E-state index is 12.6. The molecular formula is C17H32N2O2. The van der Waals surface area contributed by atoms with Crippen LogP contribution >= 0.6 is 0 Å². The first-order valence-corrected chi connectivity index (χ1v) is 8.85. The number of carbonyl (C=O) groups excluding carboxylic acids is 1. The molecule has 0 spiro atoms. The van der Waals surface area contributed by atoms with Gasteiger partial charge >= 0.3 is 0 Å². The normalized spacial score (nSPS) is 29.1. The second-order valence-corrected chi connectivity index (χ2v) is 6.62. The molecule has 21 heavy (non-hydrogen) atoms. The van der Waals surface area contributed by atoms with E-state index >= 15 is 0 Å². The molecule has 0 aromatic rings. The zero-order chi connectivity index (χ0) is 15.2. The molecule has 0 bridgehead atoms. The molecule has 1 N–H and O–H groups in total. The molecule has 1 heterocycles. The van der Waals surface area contributed by atoms with E-state index in [9.17, 15) is 4.79 Å². The third kappa shape index (κ3) is 4.19. The minimum absolute atomic E-state index is 0.00497. The minimum atomic E-state index is -0.00497. The lowest BCUT2D eigenvalue weighted by Gasteiger charge is -2.26. The molecule has 4 heteroatoms. The lowest BCUT2D eigenvalue weighted by atomic mass is 9.98. The van der Waals surface area contributed by atoms with Crippen molar-refractivity contribution < 1.29 is 9.53 Å². The molecule has 2 fully saturated rings. The third-order valence-corrected chi connectivity index (χ3v) is 5.13. The molecule has 0 aromatic heterocycles. The van der Waals surface area contributed by atoms with E-state index in [1.54, 1.807) is 0 Å². The second-order valence-electron chi connectivity index (χ2n) is 6.62. The monoisotopic (exact) mass is 296 g/mol. The summed E-state index contributed by atoms with van der Waals surface area (Å²) in [6.07, 6.45) is 8.93. The van der Waals surface area contributed by atoms with Crippen LogP contribution in [-0.4, -0.2) is 42.3 Å². The van der Waals surface area contributed by atoms with Gasteiger partial charge in [0.15, 0.2) is 0 Å². The Morgan fingerprint density at radius 3 is 2.62 bits per heavy atom. The third-order valence-electron chi connectivity index (χ3n) is 5.13. The average Bonchev–Trinajstić information content (AvgIpc) is 2.84. The molecule has 4 nitrogen and oxygen atoms in total. The minimum Gasteiger partial charge on any atom is -0.376 e. The van der Waals surface area contributed by atoms with Crippen molar-refractivity contribution >= 4 is 5.91 Å². The van der Waals surface area contributed by atoms with Crippen LogP contribution in [0.4, 0.5) is 0 Å². The molecule has 1 amide bonds. The average molecular weight is 296 g/mol. The highest BCUT2D eigenvalue weighted by atomic mass is 16.5. The van der Waals surface area contributed by atoms with Gasteiger partial charge in [-0.2, -0.15) is 0 Å². The fourth-order valence-electron chi connectivity index (χ4n) is 3.50. The molecule has 3 atom stereocenters. The van der Waals surface area contributed by atoms with E-state index < -0.39 is 0 Å². The summed E-state index contributed by atoms with van der Waals surface area (Å²) in [6, 6.07) is -0.00497. The Morgan fingerprint density at radius 2 is 2.00 bits per heavy atom. The van der Waals surface area contributed by atoms with Crippen LogP contribution in [0.25, 0.3) is 0 Å². The first-order chi connectivity index (χ1) is 10.2. The van der Waals surface area contributed by atoms with E-state index in [1.165, 1.54) is 32.1 Å². The van der Waals surface area contributed by atoms with Gasteiger partial charge in [-0.1, -0.05) is 46.5 Å². The number of amides is 1. The zero-order valence-corrected chi connectivity index (χ0v) is 13.9. The Bertz CT molecular complexity index is 329. The number of hydrogen-bond acceptors (Lipinski definition) is 3. The first-order valence-electron chi connectivity index (χ1n) is 8.85. The van der Waals surface area contributed by atoms with Crippen LogP contribution in [-0.2, 0) is 9.53 Å². The fraction of sp³-hybridized carbons (Fsp3) is 0.941. The number of nitrogens with one attached hydrogen (secondary N) is 1. The second kappa shape index (κ2) is 8.14. The van der Waals surface area contributed by atoms with Gasteiger partial charge in [0.25, 0.3) is 0 Å². The Kier molecular flexibility index (Phi) is 6.49.